The van der Waals surface area contributed by atoms with Gasteiger partial charge in [-0.05, 0) is 19.1 Å². The summed E-state index contributed by atoms with van der Waals surface area (Å²) in [4.78, 5) is 4.42. The number of aryl methyl sites for hydroxylation is 1. The lowest BCUT2D eigenvalue weighted by Crippen LogP contribution is -2.09. The SMILES string of the molecule is Cc1ccc(-c2nc(C(N)=S)co2)cc1. The highest BCUT2D eigenvalue weighted by atomic mass is 32.1. The first kappa shape index (κ1) is 9.86. The number of benzene rings is 1. The molecular weight excluding hydrogens is 208 g/mol. The van der Waals surface area contributed by atoms with Gasteiger partial charge >= 0.3 is 0 Å². The Labute approximate surface area is 92.9 Å². The Balaban J connectivity index is 2.37. The van der Waals surface area contributed by atoms with Gasteiger partial charge in [0.15, 0.2) is 0 Å². The molecule has 0 atom stereocenters. The Hall–Kier alpha value is -1.68. The summed E-state index contributed by atoms with van der Waals surface area (Å²) < 4.78 is 5.27. The number of aromatic nitrogens is 1. The second kappa shape index (κ2) is 3.82. The van der Waals surface area contributed by atoms with Gasteiger partial charge in [0, 0.05) is 5.56 Å². The lowest BCUT2D eigenvalue weighted by Gasteiger charge is -1.95. The van der Waals surface area contributed by atoms with E-state index in [1.165, 1.54) is 11.8 Å². The van der Waals surface area contributed by atoms with Gasteiger partial charge in [0.25, 0.3) is 0 Å². The van der Waals surface area contributed by atoms with Crippen molar-refractivity contribution < 1.29 is 4.42 Å². The highest BCUT2D eigenvalue weighted by molar-refractivity contribution is 7.80. The van der Waals surface area contributed by atoms with E-state index in [1.54, 1.807) is 0 Å². The fourth-order valence-electron chi connectivity index (χ4n) is 1.22. The lowest BCUT2D eigenvalue weighted by molar-refractivity contribution is 0.574. The van der Waals surface area contributed by atoms with E-state index in [4.69, 9.17) is 22.4 Å². The van der Waals surface area contributed by atoms with E-state index in [1.807, 2.05) is 31.2 Å². The minimum Gasteiger partial charge on any atom is -0.444 e. The third-order valence-corrected chi connectivity index (χ3v) is 2.26. The summed E-state index contributed by atoms with van der Waals surface area (Å²) in [6, 6.07) is 7.90. The van der Waals surface area contributed by atoms with Crippen LogP contribution >= 0.6 is 12.2 Å². The van der Waals surface area contributed by atoms with Gasteiger partial charge in [-0.1, -0.05) is 29.9 Å². The van der Waals surface area contributed by atoms with Crippen LogP contribution < -0.4 is 5.73 Å². The van der Waals surface area contributed by atoms with Crippen LogP contribution in [0.15, 0.2) is 34.9 Å². The van der Waals surface area contributed by atoms with E-state index in [-0.39, 0.29) is 4.99 Å². The first-order chi connectivity index (χ1) is 7.16. The Kier molecular flexibility index (Phi) is 2.51. The van der Waals surface area contributed by atoms with Crippen LogP contribution in [0.1, 0.15) is 11.3 Å². The zero-order valence-corrected chi connectivity index (χ0v) is 9.04. The van der Waals surface area contributed by atoms with Gasteiger partial charge < -0.3 is 10.2 Å². The highest BCUT2D eigenvalue weighted by Gasteiger charge is 2.07. The summed E-state index contributed by atoms with van der Waals surface area (Å²) in [7, 11) is 0. The van der Waals surface area contributed by atoms with Crippen LogP contribution in [0.4, 0.5) is 0 Å². The summed E-state index contributed by atoms with van der Waals surface area (Å²) in [5.41, 5.74) is 8.07. The maximum absolute atomic E-state index is 5.44. The number of thiocarbonyl (C=S) groups is 1. The third kappa shape index (κ3) is 2.05. The molecule has 0 amide bonds. The van der Waals surface area contributed by atoms with Crippen LogP contribution in [0.3, 0.4) is 0 Å². The van der Waals surface area contributed by atoms with Gasteiger partial charge in [0.2, 0.25) is 5.89 Å². The molecule has 76 valence electrons. The average molecular weight is 218 g/mol. The summed E-state index contributed by atoms with van der Waals surface area (Å²) in [6.07, 6.45) is 1.47. The molecule has 1 aromatic carbocycles. The number of oxazole rings is 1. The van der Waals surface area contributed by atoms with Crippen molar-refractivity contribution in [3.63, 3.8) is 0 Å². The fraction of sp³-hybridized carbons (Fsp3) is 0.0909. The molecule has 15 heavy (non-hydrogen) atoms. The van der Waals surface area contributed by atoms with Gasteiger partial charge in [0.05, 0.1) is 0 Å². The zero-order chi connectivity index (χ0) is 10.8. The van der Waals surface area contributed by atoms with E-state index in [2.05, 4.69) is 4.98 Å². The van der Waals surface area contributed by atoms with E-state index in [9.17, 15) is 0 Å². The average Bonchev–Trinajstić information content (AvgIpc) is 2.68. The zero-order valence-electron chi connectivity index (χ0n) is 8.23. The predicted octanol–water partition coefficient (Wildman–Crippen LogP) is 2.28. The van der Waals surface area contributed by atoms with Crippen LogP contribution in [-0.2, 0) is 0 Å². The molecule has 1 aromatic heterocycles. The van der Waals surface area contributed by atoms with Crippen molar-refractivity contribution in [1.29, 1.82) is 0 Å². The first-order valence-corrected chi connectivity index (χ1v) is 4.90. The van der Waals surface area contributed by atoms with Crippen molar-refractivity contribution in [2.24, 2.45) is 5.73 Å². The molecule has 0 bridgehead atoms. The quantitative estimate of drug-likeness (QED) is 0.786. The maximum atomic E-state index is 5.44. The second-order valence-electron chi connectivity index (χ2n) is 3.27. The van der Waals surface area contributed by atoms with Crippen molar-refractivity contribution in [3.05, 3.63) is 41.8 Å². The first-order valence-electron chi connectivity index (χ1n) is 4.49. The second-order valence-corrected chi connectivity index (χ2v) is 3.71. The van der Waals surface area contributed by atoms with E-state index in [0.717, 1.165) is 5.56 Å². The highest BCUT2D eigenvalue weighted by Crippen LogP contribution is 2.18. The smallest absolute Gasteiger partial charge is 0.226 e. The number of nitrogens with zero attached hydrogens (tertiary/aromatic N) is 1. The van der Waals surface area contributed by atoms with Gasteiger partial charge in [-0.25, -0.2) is 4.98 Å². The summed E-state index contributed by atoms with van der Waals surface area (Å²) >= 11 is 4.80. The molecule has 0 aliphatic rings. The summed E-state index contributed by atoms with van der Waals surface area (Å²) in [5.74, 6) is 0.540. The molecule has 2 N–H and O–H groups in total. The molecule has 0 fully saturated rings. The number of hydrogen-bond acceptors (Lipinski definition) is 3. The number of nitrogens with two attached hydrogens (primary N) is 1. The normalized spacial score (nSPS) is 10.2. The Bertz CT molecular complexity index is 488. The van der Waals surface area contributed by atoms with Gasteiger partial charge in [0.1, 0.15) is 16.9 Å². The molecule has 0 spiro atoms. The maximum Gasteiger partial charge on any atom is 0.226 e. The van der Waals surface area contributed by atoms with Crippen molar-refractivity contribution >= 4 is 17.2 Å². The number of rotatable bonds is 2. The Morgan fingerprint density at radius 2 is 2.00 bits per heavy atom. The molecular formula is C11H10N2OS. The van der Waals surface area contributed by atoms with E-state index in [0.29, 0.717) is 11.6 Å². The molecule has 0 saturated heterocycles. The molecule has 2 aromatic rings. The van der Waals surface area contributed by atoms with E-state index < -0.39 is 0 Å². The fourth-order valence-corrected chi connectivity index (χ4v) is 1.31. The van der Waals surface area contributed by atoms with Gasteiger partial charge in [-0.3, -0.25) is 0 Å². The molecule has 1 heterocycles. The van der Waals surface area contributed by atoms with Crippen LogP contribution in [0, 0.1) is 6.92 Å². The van der Waals surface area contributed by atoms with Crippen LogP contribution in [-0.4, -0.2) is 9.97 Å². The van der Waals surface area contributed by atoms with Crippen LogP contribution in [0.5, 0.6) is 0 Å². The van der Waals surface area contributed by atoms with E-state index >= 15 is 0 Å². The molecule has 4 heteroatoms. The van der Waals surface area contributed by atoms with Crippen molar-refractivity contribution in [1.82, 2.24) is 4.98 Å². The largest absolute Gasteiger partial charge is 0.444 e. The minimum absolute atomic E-state index is 0.247. The monoisotopic (exact) mass is 218 g/mol. The van der Waals surface area contributed by atoms with Gasteiger partial charge in [-0.2, -0.15) is 0 Å². The Morgan fingerprint density at radius 1 is 1.33 bits per heavy atom. The minimum atomic E-state index is 0.247. The standard InChI is InChI=1S/C11H10N2OS/c1-7-2-4-8(5-3-7)11-13-9(6-14-11)10(12)15/h2-6H,1H3,(H2,12,15). The molecule has 0 radical (unpaired) electrons. The van der Waals surface area contributed by atoms with Crippen LogP contribution in [0.25, 0.3) is 11.5 Å². The third-order valence-electron chi connectivity index (χ3n) is 2.06. The Morgan fingerprint density at radius 3 is 2.53 bits per heavy atom. The summed E-state index contributed by atoms with van der Waals surface area (Å²) in [5, 5.41) is 0. The molecule has 3 nitrogen and oxygen atoms in total. The van der Waals surface area contributed by atoms with Crippen molar-refractivity contribution in [3.8, 4) is 11.5 Å². The predicted molar refractivity (Wildman–Crippen MR) is 62.6 cm³/mol. The van der Waals surface area contributed by atoms with Crippen molar-refractivity contribution in [2.45, 2.75) is 6.92 Å². The molecule has 0 unspecified atom stereocenters. The topological polar surface area (TPSA) is 52.0 Å². The molecule has 2 rings (SSSR count). The van der Waals surface area contributed by atoms with Gasteiger partial charge in [-0.15, -0.1) is 0 Å². The molecule has 0 aliphatic carbocycles. The summed E-state index contributed by atoms with van der Waals surface area (Å²) in [6.45, 7) is 2.03. The lowest BCUT2D eigenvalue weighted by atomic mass is 10.1. The van der Waals surface area contributed by atoms with Crippen LogP contribution in [0.2, 0.25) is 0 Å². The molecule has 0 aliphatic heterocycles. The molecule has 0 saturated carbocycles. The van der Waals surface area contributed by atoms with Crippen molar-refractivity contribution in [2.75, 3.05) is 0 Å². The number of hydrogen-bond donors (Lipinski definition) is 1.